The third-order valence-electron chi connectivity index (χ3n) is 4.85. The number of halogens is 3. The number of alkyl halides is 3. The molecule has 2 aromatic heterocycles. The molecule has 10 heteroatoms. The topological polar surface area (TPSA) is 101 Å². The minimum atomic E-state index is -3.84. The lowest BCUT2D eigenvalue weighted by atomic mass is 9.97. The van der Waals surface area contributed by atoms with Crippen LogP contribution in [0.2, 0.25) is 0 Å². The molecule has 4 rings (SSSR count). The van der Waals surface area contributed by atoms with Crippen LogP contribution in [0.1, 0.15) is 20.7 Å². The number of hydrogen-bond acceptors (Lipinski definition) is 5. The molecule has 0 saturated carbocycles. The number of aromatic carboxylic acids is 1. The van der Waals surface area contributed by atoms with Gasteiger partial charge in [0, 0.05) is 52.6 Å². The number of carboxylic acids is 1. The smallest absolute Gasteiger partial charge is 0.478 e. The van der Waals surface area contributed by atoms with Gasteiger partial charge in [0.05, 0.1) is 16.8 Å². The van der Waals surface area contributed by atoms with Crippen LogP contribution >= 0.6 is 11.6 Å². The van der Waals surface area contributed by atoms with Crippen molar-refractivity contribution >= 4 is 29.2 Å². The molecule has 7 nitrogen and oxygen atoms in total. The van der Waals surface area contributed by atoms with Crippen LogP contribution in [-0.2, 0) is 0 Å². The zero-order valence-corrected chi connectivity index (χ0v) is 18.5. The molecule has 0 aliphatic carbocycles. The van der Waals surface area contributed by atoms with Crippen LogP contribution in [0.3, 0.4) is 0 Å². The number of amides is 1. The highest BCUT2D eigenvalue weighted by atomic mass is 35.5. The van der Waals surface area contributed by atoms with Crippen molar-refractivity contribution in [2.24, 2.45) is 0 Å². The van der Waals surface area contributed by atoms with Gasteiger partial charge in [-0.3, -0.25) is 14.8 Å². The lowest BCUT2D eigenvalue weighted by Gasteiger charge is -2.13. The van der Waals surface area contributed by atoms with Crippen LogP contribution < -0.4 is 10.1 Å². The Bertz CT molecular complexity index is 1380. The van der Waals surface area contributed by atoms with Gasteiger partial charge in [0.2, 0.25) is 0 Å². The molecule has 0 aliphatic heterocycles. The molecule has 0 atom stereocenters. The zero-order chi connectivity index (χ0) is 25.0. The molecule has 0 unspecified atom stereocenters. The van der Waals surface area contributed by atoms with Crippen molar-refractivity contribution in [3.05, 3.63) is 96.4 Å². The summed E-state index contributed by atoms with van der Waals surface area (Å²) in [5, 5.41) is 12.0. The maximum atomic E-state index is 12.9. The van der Waals surface area contributed by atoms with E-state index in [0.717, 1.165) is 0 Å². The van der Waals surface area contributed by atoms with Gasteiger partial charge in [-0.05, 0) is 48.5 Å². The highest BCUT2D eigenvalue weighted by molar-refractivity contribution is 6.20. The molecule has 0 fully saturated rings. The molecule has 0 spiro atoms. The summed E-state index contributed by atoms with van der Waals surface area (Å²) in [6.07, 6.45) is 4.57. The lowest BCUT2D eigenvalue weighted by molar-refractivity contribution is -0.0964. The second kappa shape index (κ2) is 9.86. The van der Waals surface area contributed by atoms with Crippen LogP contribution in [0, 0.1) is 0 Å². The number of rotatable bonds is 7. The highest BCUT2D eigenvalue weighted by Gasteiger charge is 2.27. The molecule has 2 aromatic carbocycles. The van der Waals surface area contributed by atoms with Crippen molar-refractivity contribution in [1.29, 1.82) is 0 Å². The molecular weight excluding hydrogens is 480 g/mol. The summed E-state index contributed by atoms with van der Waals surface area (Å²) in [5.41, 5.74) is -0.914. The number of carbonyl (C=O) groups excluding carboxylic acids is 1. The van der Waals surface area contributed by atoms with Crippen molar-refractivity contribution < 1.29 is 28.2 Å². The van der Waals surface area contributed by atoms with E-state index in [9.17, 15) is 23.5 Å². The fraction of sp³-hybridized carbons (Fsp3) is 0.0400. The first-order chi connectivity index (χ1) is 16.7. The van der Waals surface area contributed by atoms with Crippen LogP contribution in [0.15, 0.2) is 85.3 Å². The van der Waals surface area contributed by atoms with Gasteiger partial charge in [-0.2, -0.15) is 0 Å². The highest BCUT2D eigenvalue weighted by Crippen LogP contribution is 2.32. The third kappa shape index (κ3) is 5.96. The minimum absolute atomic E-state index is 0.0996. The Balaban J connectivity index is 1.66. The van der Waals surface area contributed by atoms with E-state index in [4.69, 9.17) is 11.6 Å². The third-order valence-corrected chi connectivity index (χ3v) is 4.93. The van der Waals surface area contributed by atoms with Crippen LogP contribution in [0.4, 0.5) is 14.5 Å². The molecule has 0 bridgehead atoms. The first-order valence-electron chi connectivity index (χ1n) is 10.1. The average Bonchev–Trinajstić information content (AvgIpc) is 2.84. The molecule has 0 aliphatic rings. The number of nitrogens with zero attached hydrogens (tertiary/aromatic N) is 2. The molecule has 176 valence electrons. The fourth-order valence-corrected chi connectivity index (χ4v) is 3.39. The van der Waals surface area contributed by atoms with E-state index >= 15 is 0 Å². The first-order valence-corrected chi connectivity index (χ1v) is 10.5. The zero-order valence-electron chi connectivity index (χ0n) is 17.8. The maximum absolute atomic E-state index is 12.9. The van der Waals surface area contributed by atoms with Crippen molar-refractivity contribution in [3.63, 3.8) is 0 Å². The Morgan fingerprint density at radius 1 is 0.943 bits per heavy atom. The summed E-state index contributed by atoms with van der Waals surface area (Å²) in [6, 6.07) is 16.7. The Hall–Kier alpha value is -4.37. The summed E-state index contributed by atoms with van der Waals surface area (Å²) >= 11 is 4.75. The minimum Gasteiger partial charge on any atom is -0.478 e. The van der Waals surface area contributed by atoms with Gasteiger partial charge < -0.3 is 15.2 Å². The van der Waals surface area contributed by atoms with Gasteiger partial charge >= 0.3 is 11.5 Å². The summed E-state index contributed by atoms with van der Waals surface area (Å²) in [6.45, 7) is 0. The number of hydrogen-bond donors (Lipinski definition) is 2. The Kier molecular flexibility index (Phi) is 6.70. The number of carboxylic acid groups (broad SMARTS) is 1. The van der Waals surface area contributed by atoms with E-state index < -0.39 is 17.4 Å². The van der Waals surface area contributed by atoms with E-state index in [1.165, 1.54) is 42.6 Å². The number of nitrogens with one attached hydrogen (secondary N) is 1. The van der Waals surface area contributed by atoms with Crippen molar-refractivity contribution in [2.75, 3.05) is 5.32 Å². The molecule has 2 heterocycles. The SMILES string of the molecule is O=C(O)c1cccc(-c2ncc(C(=O)Nc3ccc(OC(F)(F)Cl)cc3)cc2-c2cccnc2)c1. The van der Waals surface area contributed by atoms with Gasteiger partial charge in [0.1, 0.15) is 5.75 Å². The number of benzene rings is 2. The van der Waals surface area contributed by atoms with Crippen molar-refractivity contribution in [3.8, 4) is 28.1 Å². The Morgan fingerprint density at radius 3 is 2.34 bits per heavy atom. The summed E-state index contributed by atoms with van der Waals surface area (Å²) in [5.74, 6) is -1.74. The van der Waals surface area contributed by atoms with Crippen LogP contribution in [-0.4, -0.2) is 32.5 Å². The Labute approximate surface area is 203 Å². The second-order valence-corrected chi connectivity index (χ2v) is 7.71. The number of pyridine rings is 2. The number of carbonyl (C=O) groups is 2. The van der Waals surface area contributed by atoms with E-state index in [1.54, 1.807) is 42.7 Å². The lowest BCUT2D eigenvalue weighted by Crippen LogP contribution is -2.16. The summed E-state index contributed by atoms with van der Waals surface area (Å²) in [7, 11) is 0. The summed E-state index contributed by atoms with van der Waals surface area (Å²) < 4.78 is 29.8. The predicted molar refractivity (Wildman–Crippen MR) is 126 cm³/mol. The average molecular weight is 496 g/mol. The molecule has 35 heavy (non-hydrogen) atoms. The first kappa shape index (κ1) is 23.8. The standard InChI is InChI=1S/C25H16ClF2N3O4/c26-25(27,28)35-20-8-6-19(7-9-20)31-23(32)18-12-21(17-5-2-10-29-13-17)22(30-14-18)15-3-1-4-16(11-15)24(33)34/h1-14H,(H,31,32)(H,33,34). The van der Waals surface area contributed by atoms with Crippen molar-refractivity contribution in [1.82, 2.24) is 9.97 Å². The molecule has 4 aromatic rings. The second-order valence-electron chi connectivity index (χ2n) is 7.27. The van der Waals surface area contributed by atoms with Gasteiger partial charge in [0.25, 0.3) is 5.91 Å². The normalized spacial score (nSPS) is 11.1. The Morgan fingerprint density at radius 2 is 1.69 bits per heavy atom. The van der Waals surface area contributed by atoms with Crippen LogP contribution in [0.25, 0.3) is 22.4 Å². The number of ether oxygens (including phenoxy) is 1. The number of anilines is 1. The van der Waals surface area contributed by atoms with Gasteiger partial charge in [-0.25, -0.2) is 4.79 Å². The van der Waals surface area contributed by atoms with E-state index in [-0.39, 0.29) is 16.9 Å². The van der Waals surface area contributed by atoms with Crippen molar-refractivity contribution in [2.45, 2.75) is 5.57 Å². The quantitative estimate of drug-likeness (QED) is 0.308. The molecule has 2 N–H and O–H groups in total. The van der Waals surface area contributed by atoms with Gasteiger partial charge in [-0.1, -0.05) is 18.2 Å². The van der Waals surface area contributed by atoms with E-state index in [2.05, 4.69) is 20.0 Å². The van der Waals surface area contributed by atoms with E-state index in [1.807, 2.05) is 0 Å². The predicted octanol–water partition coefficient (Wildman–Crippen LogP) is 5.93. The monoisotopic (exact) mass is 495 g/mol. The van der Waals surface area contributed by atoms with Crippen LogP contribution in [0.5, 0.6) is 5.75 Å². The largest absolute Gasteiger partial charge is 0.487 e. The van der Waals surface area contributed by atoms with Gasteiger partial charge in [-0.15, -0.1) is 8.78 Å². The molecular formula is C25H16ClF2N3O4. The van der Waals surface area contributed by atoms with Gasteiger partial charge in [0.15, 0.2) is 0 Å². The number of aromatic nitrogens is 2. The summed E-state index contributed by atoms with van der Waals surface area (Å²) in [4.78, 5) is 32.9. The van der Waals surface area contributed by atoms with E-state index in [0.29, 0.717) is 28.1 Å². The molecule has 1 amide bonds. The fourth-order valence-electron chi connectivity index (χ4n) is 3.30. The molecule has 0 radical (unpaired) electrons. The maximum Gasteiger partial charge on any atom is 0.487 e. The molecule has 0 saturated heterocycles.